The van der Waals surface area contributed by atoms with E-state index >= 15 is 0 Å². The third-order valence-electron chi connectivity index (χ3n) is 9.96. The van der Waals surface area contributed by atoms with Gasteiger partial charge in [-0.25, -0.2) is 13.8 Å². The maximum Gasteiger partial charge on any atom is 0.253 e. The number of benzene rings is 1. The molecule has 2 aliphatic heterocycles. The number of fused-ring (bicyclic) bond motifs is 1. The van der Waals surface area contributed by atoms with E-state index in [1.54, 1.807) is 26.3 Å². The molecule has 2 aromatic heterocycles. The summed E-state index contributed by atoms with van der Waals surface area (Å²) in [6.07, 6.45) is 4.58. The molecular weight excluding hydrogens is 628 g/mol. The molecule has 2 fully saturated rings. The van der Waals surface area contributed by atoms with Crippen molar-refractivity contribution in [1.29, 1.82) is 0 Å². The average molecular weight is 683 g/mol. The maximum atomic E-state index is 13.4. The van der Waals surface area contributed by atoms with E-state index in [4.69, 9.17) is 14.5 Å². The van der Waals surface area contributed by atoms with Gasteiger partial charge in [-0.3, -0.25) is 14.8 Å². The minimum atomic E-state index is -3.38. The highest BCUT2D eigenvalue weighted by Crippen LogP contribution is 2.42. The van der Waals surface area contributed by atoms with Crippen LogP contribution in [0.4, 0.5) is 5.69 Å². The number of pyridine rings is 1. The summed E-state index contributed by atoms with van der Waals surface area (Å²) in [5.41, 5.74) is 9.40. The molecule has 4 heterocycles. The smallest absolute Gasteiger partial charge is 0.253 e. The SMILES string of the molecule is CCn1c(-c2cccnc2C(C)OC)c(CC(C)(C)COC)c2cc(N3CCS(=O)(=O)C(CC(NC)C(=O)N4CCCCN4)C3)ccc21. The number of sulfone groups is 1. The van der Waals surface area contributed by atoms with Crippen LogP contribution in [0.5, 0.6) is 0 Å². The number of hydrogen-bond acceptors (Lipinski definition) is 9. The molecule has 264 valence electrons. The van der Waals surface area contributed by atoms with Crippen LogP contribution < -0.4 is 15.6 Å². The van der Waals surface area contributed by atoms with Crippen molar-refractivity contribution in [2.24, 2.45) is 5.41 Å². The predicted molar refractivity (Wildman–Crippen MR) is 192 cm³/mol. The summed E-state index contributed by atoms with van der Waals surface area (Å²) in [5.74, 6) is -0.0502. The quantitative estimate of drug-likeness (QED) is 0.271. The van der Waals surface area contributed by atoms with E-state index < -0.39 is 21.1 Å². The Morgan fingerprint density at radius 2 is 1.98 bits per heavy atom. The summed E-state index contributed by atoms with van der Waals surface area (Å²) in [7, 11) is 1.80. The van der Waals surface area contributed by atoms with Gasteiger partial charge in [0.1, 0.15) is 0 Å². The first kappa shape index (κ1) is 36.3. The molecule has 2 aliphatic rings. The number of hydrogen-bond donors (Lipinski definition) is 2. The molecule has 11 nitrogen and oxygen atoms in total. The normalized spacial score (nSPS) is 19.9. The minimum absolute atomic E-state index is 0.0468. The van der Waals surface area contributed by atoms with Crippen LogP contribution >= 0.6 is 0 Å². The molecule has 1 aromatic carbocycles. The molecule has 12 heteroatoms. The van der Waals surface area contributed by atoms with Crippen LogP contribution in [-0.4, -0.2) is 100.0 Å². The van der Waals surface area contributed by atoms with Gasteiger partial charge < -0.3 is 24.3 Å². The van der Waals surface area contributed by atoms with Gasteiger partial charge in [-0.2, -0.15) is 0 Å². The number of aryl methyl sites for hydroxylation is 1. The van der Waals surface area contributed by atoms with Crippen molar-refractivity contribution in [1.82, 2.24) is 25.3 Å². The summed E-state index contributed by atoms with van der Waals surface area (Å²) in [4.78, 5) is 20.3. The second-order valence-corrected chi connectivity index (χ2v) is 16.4. The molecule has 2 saturated heterocycles. The van der Waals surface area contributed by atoms with Crippen molar-refractivity contribution in [2.75, 3.05) is 64.7 Å². The molecular formula is C36H54N6O5S. The van der Waals surface area contributed by atoms with Gasteiger partial charge in [0.25, 0.3) is 5.91 Å². The van der Waals surface area contributed by atoms with E-state index in [0.29, 0.717) is 26.2 Å². The number of nitrogens with one attached hydrogen (secondary N) is 2. The summed E-state index contributed by atoms with van der Waals surface area (Å²) in [5, 5.41) is 5.22. The molecule has 48 heavy (non-hydrogen) atoms. The highest BCUT2D eigenvalue weighted by Gasteiger charge is 2.38. The van der Waals surface area contributed by atoms with E-state index in [0.717, 1.165) is 65.9 Å². The van der Waals surface area contributed by atoms with Crippen molar-refractivity contribution >= 4 is 32.3 Å². The standard InChI is InChI=1S/C36H54N6O5S/c1-8-41-32-14-13-26(40-18-19-48(44,45)27(23-40)21-31(37-5)35(43)42-17-10-9-16-39-42)20-29(32)30(22-36(3,4)24-46-6)34(41)28-12-11-15-38-33(28)25(2)47-7/h11-15,20,25,27,31,37,39H,8-10,16-19,21-24H2,1-7H3. The highest BCUT2D eigenvalue weighted by atomic mass is 32.2. The summed E-state index contributed by atoms with van der Waals surface area (Å²) in [6, 6.07) is 10.0. The zero-order valence-electron chi connectivity index (χ0n) is 29.7. The van der Waals surface area contributed by atoms with E-state index in [1.165, 1.54) is 5.56 Å². The fourth-order valence-electron chi connectivity index (χ4n) is 7.38. The van der Waals surface area contributed by atoms with Crippen molar-refractivity contribution in [3.63, 3.8) is 0 Å². The van der Waals surface area contributed by atoms with Crippen LogP contribution in [0.3, 0.4) is 0 Å². The topological polar surface area (TPSA) is 118 Å². The first-order valence-corrected chi connectivity index (χ1v) is 19.0. The molecule has 0 aliphatic carbocycles. The van der Waals surface area contributed by atoms with Gasteiger partial charge in [-0.05, 0) is 87.9 Å². The second kappa shape index (κ2) is 15.2. The number of anilines is 1. The Labute approximate surface area is 286 Å². The number of nitrogens with zero attached hydrogens (tertiary/aromatic N) is 4. The Kier molecular flexibility index (Phi) is 11.5. The van der Waals surface area contributed by atoms with Crippen molar-refractivity contribution in [2.45, 2.75) is 77.3 Å². The lowest BCUT2D eigenvalue weighted by molar-refractivity contribution is -0.137. The molecule has 3 unspecified atom stereocenters. The van der Waals surface area contributed by atoms with Gasteiger partial charge >= 0.3 is 0 Å². The third kappa shape index (κ3) is 7.57. The Bertz CT molecular complexity index is 1680. The van der Waals surface area contributed by atoms with E-state index in [1.807, 2.05) is 19.2 Å². The average Bonchev–Trinajstić information content (AvgIpc) is 3.38. The van der Waals surface area contributed by atoms with Gasteiger partial charge in [-0.15, -0.1) is 0 Å². The van der Waals surface area contributed by atoms with E-state index in [-0.39, 0.29) is 29.6 Å². The number of methoxy groups -OCH3 is 2. The van der Waals surface area contributed by atoms with Crippen LogP contribution in [0.15, 0.2) is 36.5 Å². The summed E-state index contributed by atoms with van der Waals surface area (Å²) in [6.45, 7) is 12.1. The minimum Gasteiger partial charge on any atom is -0.384 e. The lowest BCUT2D eigenvalue weighted by Gasteiger charge is -2.37. The Hall–Kier alpha value is -3.03. The molecule has 0 bridgehead atoms. The zero-order chi connectivity index (χ0) is 34.6. The fourth-order valence-corrected chi connectivity index (χ4v) is 9.08. The molecule has 2 N–H and O–H groups in total. The van der Waals surface area contributed by atoms with Crippen LogP contribution in [0, 0.1) is 5.41 Å². The monoisotopic (exact) mass is 682 g/mol. The van der Waals surface area contributed by atoms with Gasteiger partial charge in [-0.1, -0.05) is 13.8 Å². The molecule has 0 radical (unpaired) electrons. The Morgan fingerprint density at radius 3 is 2.65 bits per heavy atom. The number of ether oxygens (including phenoxy) is 2. The zero-order valence-corrected chi connectivity index (χ0v) is 30.5. The van der Waals surface area contributed by atoms with Crippen LogP contribution in [0.2, 0.25) is 0 Å². The molecule has 5 rings (SSSR count). The van der Waals surface area contributed by atoms with E-state index in [9.17, 15) is 13.2 Å². The molecule has 3 aromatic rings. The van der Waals surface area contributed by atoms with Crippen molar-refractivity contribution < 1.29 is 22.7 Å². The van der Waals surface area contributed by atoms with Gasteiger partial charge in [0.2, 0.25) is 0 Å². The number of hydrazine groups is 1. The number of rotatable bonds is 13. The van der Waals surface area contributed by atoms with Gasteiger partial charge in [0.05, 0.1) is 41.1 Å². The number of carbonyl (C=O) groups excluding carboxylic acids is 1. The van der Waals surface area contributed by atoms with Crippen LogP contribution in [-0.2, 0) is 37.1 Å². The predicted octanol–water partition coefficient (Wildman–Crippen LogP) is 4.35. The molecule has 1 amide bonds. The first-order chi connectivity index (χ1) is 22.9. The third-order valence-corrected chi connectivity index (χ3v) is 12.1. The van der Waals surface area contributed by atoms with Crippen LogP contribution in [0.25, 0.3) is 22.2 Å². The van der Waals surface area contributed by atoms with Gasteiger partial charge in [0.15, 0.2) is 9.84 Å². The Balaban J connectivity index is 1.55. The second-order valence-electron chi connectivity index (χ2n) is 14.0. The fraction of sp³-hybridized carbons (Fsp3) is 0.611. The Morgan fingerprint density at radius 1 is 1.19 bits per heavy atom. The molecule has 3 atom stereocenters. The van der Waals surface area contributed by atoms with Crippen molar-refractivity contribution in [3.05, 3.63) is 47.8 Å². The summed E-state index contributed by atoms with van der Waals surface area (Å²) < 4.78 is 40.6. The first-order valence-electron chi connectivity index (χ1n) is 17.3. The van der Waals surface area contributed by atoms with E-state index in [2.05, 4.69) is 65.2 Å². The number of aromatic nitrogens is 2. The number of carbonyl (C=O) groups is 1. The van der Waals surface area contributed by atoms with Crippen molar-refractivity contribution in [3.8, 4) is 11.3 Å². The molecule has 0 saturated carbocycles. The number of amides is 1. The van der Waals surface area contributed by atoms with Crippen LogP contribution in [0.1, 0.15) is 64.3 Å². The highest BCUT2D eigenvalue weighted by molar-refractivity contribution is 7.92. The lowest BCUT2D eigenvalue weighted by atomic mass is 9.84. The maximum absolute atomic E-state index is 13.4. The lowest BCUT2D eigenvalue weighted by Crippen LogP contribution is -2.56. The molecule has 0 spiro atoms. The summed E-state index contributed by atoms with van der Waals surface area (Å²) >= 11 is 0. The van der Waals surface area contributed by atoms with Gasteiger partial charge in [0, 0.05) is 75.3 Å². The largest absolute Gasteiger partial charge is 0.384 e. The number of likely N-dealkylation sites (N-methyl/N-ethyl adjacent to an activating group) is 1.